The smallest absolute Gasteiger partial charge is 0.260 e. The molecule has 1 amide bonds. The first-order chi connectivity index (χ1) is 15.4. The number of carbonyl (C=O) groups excluding carboxylic acids is 1. The Morgan fingerprint density at radius 2 is 1.88 bits per heavy atom. The summed E-state index contributed by atoms with van der Waals surface area (Å²) >= 11 is 1.47. The predicted octanol–water partition coefficient (Wildman–Crippen LogP) is 3.91. The van der Waals surface area contributed by atoms with E-state index < -0.39 is 10.0 Å². The fourth-order valence-corrected chi connectivity index (χ4v) is 6.33. The van der Waals surface area contributed by atoms with Gasteiger partial charge in [0.2, 0.25) is 10.0 Å². The van der Waals surface area contributed by atoms with Crippen LogP contribution >= 0.6 is 11.3 Å². The molecule has 7 nitrogen and oxygen atoms in total. The maximum Gasteiger partial charge on any atom is 0.260 e. The van der Waals surface area contributed by atoms with Crippen molar-refractivity contribution in [3.05, 3.63) is 54.1 Å². The second-order valence-corrected chi connectivity index (χ2v) is 11.3. The predicted molar refractivity (Wildman–Crippen MR) is 125 cm³/mol. The summed E-state index contributed by atoms with van der Waals surface area (Å²) in [5, 5.41) is 0.622. The molecule has 1 aromatic heterocycles. The van der Waals surface area contributed by atoms with E-state index in [1.165, 1.54) is 27.8 Å². The van der Waals surface area contributed by atoms with E-state index in [-0.39, 0.29) is 22.9 Å². The van der Waals surface area contributed by atoms with Gasteiger partial charge in [-0.3, -0.25) is 9.69 Å². The quantitative estimate of drug-likeness (QED) is 0.522. The number of hydrogen-bond donors (Lipinski definition) is 0. The van der Waals surface area contributed by atoms with Crippen LogP contribution in [0.2, 0.25) is 0 Å². The lowest BCUT2D eigenvalue weighted by molar-refractivity contribution is 0.0917. The molecule has 2 fully saturated rings. The Balaban J connectivity index is 1.43. The number of anilines is 1. The Morgan fingerprint density at radius 1 is 1.12 bits per heavy atom. The summed E-state index contributed by atoms with van der Waals surface area (Å²) in [6.45, 7) is 1.12. The molecule has 0 radical (unpaired) electrons. The summed E-state index contributed by atoms with van der Waals surface area (Å²) in [4.78, 5) is 20.0. The summed E-state index contributed by atoms with van der Waals surface area (Å²) < 4.78 is 33.8. The van der Waals surface area contributed by atoms with Crippen molar-refractivity contribution in [1.29, 1.82) is 0 Å². The monoisotopic (exact) mass is 471 g/mol. The normalized spacial score (nSPS) is 19.0. The highest BCUT2D eigenvalue weighted by Crippen LogP contribution is 2.32. The largest absolute Gasteiger partial charge is 0.376 e. The summed E-state index contributed by atoms with van der Waals surface area (Å²) in [5.74, 6) is -0.209. The molecule has 2 aliphatic rings. The van der Waals surface area contributed by atoms with E-state index >= 15 is 0 Å². The molecule has 5 rings (SSSR count). The van der Waals surface area contributed by atoms with Crippen LogP contribution in [0.3, 0.4) is 0 Å². The molecule has 1 aliphatic heterocycles. The third-order valence-electron chi connectivity index (χ3n) is 6.01. The van der Waals surface area contributed by atoms with Gasteiger partial charge in [0, 0.05) is 25.3 Å². The van der Waals surface area contributed by atoms with E-state index in [1.807, 2.05) is 24.3 Å². The van der Waals surface area contributed by atoms with Gasteiger partial charge in [0.15, 0.2) is 5.13 Å². The van der Waals surface area contributed by atoms with Crippen LogP contribution in [0, 0.1) is 0 Å². The molecule has 1 unspecified atom stereocenters. The number of sulfonamides is 1. The van der Waals surface area contributed by atoms with Crippen LogP contribution in [0.1, 0.15) is 36.0 Å². The van der Waals surface area contributed by atoms with Gasteiger partial charge in [-0.15, -0.1) is 0 Å². The molecule has 1 aliphatic carbocycles. The second kappa shape index (κ2) is 8.55. The van der Waals surface area contributed by atoms with Crippen molar-refractivity contribution in [2.24, 2.45) is 0 Å². The highest BCUT2D eigenvalue weighted by Gasteiger charge is 2.35. The first kappa shape index (κ1) is 21.5. The van der Waals surface area contributed by atoms with Crippen LogP contribution in [-0.2, 0) is 14.8 Å². The molecule has 1 saturated carbocycles. The minimum atomic E-state index is -3.55. The molecule has 9 heteroatoms. The Kier molecular flexibility index (Phi) is 5.75. The Morgan fingerprint density at radius 3 is 2.53 bits per heavy atom. The van der Waals surface area contributed by atoms with Crippen LogP contribution < -0.4 is 4.90 Å². The third kappa shape index (κ3) is 4.17. The Bertz CT molecular complexity index is 1200. The lowest BCUT2D eigenvalue weighted by Gasteiger charge is -2.23. The number of aromatic nitrogens is 1. The second-order valence-electron chi connectivity index (χ2n) is 8.29. The molecule has 2 heterocycles. The van der Waals surface area contributed by atoms with Gasteiger partial charge in [0.05, 0.1) is 27.8 Å². The number of hydrogen-bond acceptors (Lipinski definition) is 6. The van der Waals surface area contributed by atoms with Gasteiger partial charge in [-0.05, 0) is 62.1 Å². The number of benzene rings is 2. The number of ether oxygens (including phenoxy) is 1. The minimum Gasteiger partial charge on any atom is -0.376 e. The highest BCUT2D eigenvalue weighted by molar-refractivity contribution is 7.89. The summed E-state index contributed by atoms with van der Waals surface area (Å²) in [5.41, 5.74) is 1.28. The fourth-order valence-electron chi connectivity index (χ4n) is 3.94. The SMILES string of the molecule is CN(C1CC1)S(=O)(=O)c1ccc(C(=O)N(CC2CCCO2)c2nc3ccccc3s2)cc1. The van der Waals surface area contributed by atoms with E-state index in [1.54, 1.807) is 24.1 Å². The summed E-state index contributed by atoms with van der Waals surface area (Å²) in [6.07, 6.45) is 3.64. The zero-order chi connectivity index (χ0) is 22.3. The van der Waals surface area contributed by atoms with Gasteiger partial charge < -0.3 is 4.74 Å². The van der Waals surface area contributed by atoms with Crippen LogP contribution in [-0.4, -0.2) is 56.0 Å². The lowest BCUT2D eigenvalue weighted by atomic mass is 10.2. The van der Waals surface area contributed by atoms with Crippen LogP contribution in [0.4, 0.5) is 5.13 Å². The van der Waals surface area contributed by atoms with Gasteiger partial charge in [0.25, 0.3) is 5.91 Å². The summed E-state index contributed by atoms with van der Waals surface area (Å²) in [6, 6.07) is 14.1. The first-order valence-electron chi connectivity index (χ1n) is 10.8. The van der Waals surface area contributed by atoms with E-state index in [2.05, 4.69) is 4.98 Å². The van der Waals surface area contributed by atoms with Gasteiger partial charge >= 0.3 is 0 Å². The molecule has 0 bridgehead atoms. The Hall–Kier alpha value is -2.33. The van der Waals surface area contributed by atoms with Gasteiger partial charge in [-0.1, -0.05) is 23.5 Å². The van der Waals surface area contributed by atoms with E-state index in [9.17, 15) is 13.2 Å². The van der Waals surface area contributed by atoms with Crippen LogP contribution in [0.15, 0.2) is 53.4 Å². The van der Waals surface area contributed by atoms with Crippen LogP contribution in [0.5, 0.6) is 0 Å². The zero-order valence-electron chi connectivity index (χ0n) is 17.8. The van der Waals surface area contributed by atoms with Crippen molar-refractivity contribution in [3.8, 4) is 0 Å². The number of para-hydroxylation sites is 1. The van der Waals surface area contributed by atoms with Gasteiger partial charge in [0.1, 0.15) is 0 Å². The van der Waals surface area contributed by atoms with Crippen LogP contribution in [0.25, 0.3) is 10.2 Å². The number of thiazole rings is 1. The van der Waals surface area contributed by atoms with E-state index in [4.69, 9.17) is 4.74 Å². The number of nitrogens with zero attached hydrogens (tertiary/aromatic N) is 3. The maximum atomic E-state index is 13.5. The molecule has 32 heavy (non-hydrogen) atoms. The maximum absolute atomic E-state index is 13.5. The van der Waals surface area contributed by atoms with Crippen molar-refractivity contribution in [2.75, 3.05) is 25.1 Å². The van der Waals surface area contributed by atoms with Gasteiger partial charge in [-0.2, -0.15) is 4.31 Å². The Labute approximate surface area is 191 Å². The average molecular weight is 472 g/mol. The van der Waals surface area contributed by atoms with Crippen molar-refractivity contribution in [2.45, 2.75) is 42.7 Å². The standard InChI is InChI=1S/C23H25N3O4S2/c1-25(17-10-11-17)32(28,29)19-12-8-16(9-13-19)22(27)26(15-18-5-4-14-30-18)23-24-20-6-2-3-7-21(20)31-23/h2-3,6-9,12-13,17-18H,4-5,10-11,14-15H2,1H3. The first-order valence-corrected chi connectivity index (χ1v) is 13.1. The number of fused-ring (bicyclic) bond motifs is 1. The van der Waals surface area contributed by atoms with Crippen molar-refractivity contribution in [1.82, 2.24) is 9.29 Å². The van der Waals surface area contributed by atoms with Crippen molar-refractivity contribution < 1.29 is 17.9 Å². The average Bonchev–Trinajstić information content (AvgIpc) is 3.35. The molecule has 1 atom stereocenters. The fraction of sp³-hybridized carbons (Fsp3) is 0.391. The van der Waals surface area contributed by atoms with E-state index in [0.717, 1.165) is 35.9 Å². The van der Waals surface area contributed by atoms with Crippen molar-refractivity contribution >= 4 is 42.6 Å². The lowest BCUT2D eigenvalue weighted by Crippen LogP contribution is -2.37. The molecule has 0 spiro atoms. The highest BCUT2D eigenvalue weighted by atomic mass is 32.2. The van der Waals surface area contributed by atoms with Gasteiger partial charge in [-0.25, -0.2) is 13.4 Å². The summed E-state index contributed by atoms with van der Waals surface area (Å²) in [7, 11) is -1.93. The molecular weight excluding hydrogens is 446 g/mol. The molecule has 2 aromatic carbocycles. The van der Waals surface area contributed by atoms with Crippen molar-refractivity contribution in [3.63, 3.8) is 0 Å². The topological polar surface area (TPSA) is 79.8 Å². The molecule has 168 valence electrons. The molecule has 0 N–H and O–H groups in total. The molecular formula is C23H25N3O4S2. The van der Waals surface area contributed by atoms with E-state index in [0.29, 0.717) is 23.8 Å². The third-order valence-corrected chi connectivity index (χ3v) is 8.99. The zero-order valence-corrected chi connectivity index (χ0v) is 19.4. The molecule has 1 saturated heterocycles. The number of amides is 1. The molecule has 3 aromatic rings. The number of carbonyl (C=O) groups is 1. The number of rotatable bonds is 7. The minimum absolute atomic E-state index is 0.0298.